The summed E-state index contributed by atoms with van der Waals surface area (Å²) in [6.07, 6.45) is 24.9. The van der Waals surface area contributed by atoms with Crippen LogP contribution in [-0.2, 0) is 9.53 Å². The van der Waals surface area contributed by atoms with Crippen LogP contribution in [0.25, 0.3) is 0 Å². The lowest BCUT2D eigenvalue weighted by Gasteiger charge is -1.99. The lowest BCUT2D eigenvalue weighted by molar-refractivity contribution is -0.140. The monoisotopic (exact) mass is 334 g/mol. The second kappa shape index (κ2) is 18.0. The highest BCUT2D eigenvalue weighted by molar-refractivity contribution is 5.68. The molecule has 2 heteroatoms. The molecule has 0 unspecified atom stereocenters. The van der Waals surface area contributed by atoms with Crippen LogP contribution in [0.5, 0.6) is 0 Å². The van der Waals surface area contributed by atoms with Crippen molar-refractivity contribution in [1.82, 2.24) is 0 Å². The largest absolute Gasteiger partial charge is 0.469 e. The molecule has 0 rings (SSSR count). The quantitative estimate of drug-likeness (QED) is 0.184. The van der Waals surface area contributed by atoms with Gasteiger partial charge in [-0.2, -0.15) is 0 Å². The van der Waals surface area contributed by atoms with E-state index in [1.165, 1.54) is 51.2 Å². The second-order valence-electron chi connectivity index (χ2n) is 6.45. The number of hydrogen-bond donors (Lipinski definition) is 0. The molecular formula is C22H38O2. The van der Waals surface area contributed by atoms with Crippen LogP contribution >= 0.6 is 0 Å². The minimum atomic E-state index is -0.0901. The Morgan fingerprint density at radius 1 is 0.833 bits per heavy atom. The number of allylic oxidation sites excluding steroid dienone is 6. The standard InChI is InChI=1S/C22H38O2/c1-4-5-15-18-21(2)19-16-13-11-9-7-6-8-10-12-14-17-20-22(23)24-3/h6-7,11,13,19H,4-5,8-10,12,14-18,20H2,1-3H3. The SMILES string of the molecule is CCCCCC(C)=CCC=CCC=CCCCCCCC(=O)OC. The van der Waals surface area contributed by atoms with Crippen LogP contribution in [0.2, 0.25) is 0 Å². The summed E-state index contributed by atoms with van der Waals surface area (Å²) in [7, 11) is 1.45. The molecule has 0 N–H and O–H groups in total. The maximum atomic E-state index is 10.9. The molecule has 0 aromatic carbocycles. The average Bonchev–Trinajstić information content (AvgIpc) is 2.58. The number of carbonyl (C=O) groups excluding carboxylic acids is 1. The Balaban J connectivity index is 3.45. The van der Waals surface area contributed by atoms with Crippen LogP contribution < -0.4 is 0 Å². The Hall–Kier alpha value is -1.31. The summed E-state index contributed by atoms with van der Waals surface area (Å²) in [5, 5.41) is 0. The normalized spacial score (nSPS) is 12.4. The van der Waals surface area contributed by atoms with Crippen LogP contribution in [0.15, 0.2) is 36.0 Å². The Kier molecular flexibility index (Phi) is 17.1. The van der Waals surface area contributed by atoms with Gasteiger partial charge in [0.15, 0.2) is 0 Å². The van der Waals surface area contributed by atoms with Gasteiger partial charge in [0, 0.05) is 6.42 Å². The molecule has 0 aromatic heterocycles. The summed E-state index contributed by atoms with van der Waals surface area (Å²) in [6, 6.07) is 0. The van der Waals surface area contributed by atoms with Crippen LogP contribution in [0.4, 0.5) is 0 Å². The van der Waals surface area contributed by atoms with E-state index in [-0.39, 0.29) is 5.97 Å². The van der Waals surface area contributed by atoms with Gasteiger partial charge in [-0.1, -0.05) is 68.6 Å². The molecule has 0 saturated carbocycles. The number of methoxy groups -OCH3 is 1. The molecule has 0 saturated heterocycles. The smallest absolute Gasteiger partial charge is 0.305 e. The van der Waals surface area contributed by atoms with Gasteiger partial charge in [-0.3, -0.25) is 4.79 Å². The van der Waals surface area contributed by atoms with E-state index in [4.69, 9.17) is 0 Å². The van der Waals surface area contributed by atoms with Gasteiger partial charge in [0.2, 0.25) is 0 Å². The van der Waals surface area contributed by atoms with Crippen molar-refractivity contribution in [3.05, 3.63) is 36.0 Å². The van der Waals surface area contributed by atoms with Crippen LogP contribution in [-0.4, -0.2) is 13.1 Å². The topological polar surface area (TPSA) is 26.3 Å². The molecule has 0 aliphatic rings. The minimum Gasteiger partial charge on any atom is -0.469 e. The van der Waals surface area contributed by atoms with Gasteiger partial charge in [-0.25, -0.2) is 0 Å². The maximum absolute atomic E-state index is 10.9. The third-order valence-electron chi connectivity index (χ3n) is 4.11. The van der Waals surface area contributed by atoms with Gasteiger partial charge in [0.05, 0.1) is 7.11 Å². The zero-order valence-corrected chi connectivity index (χ0v) is 16.2. The second-order valence-corrected chi connectivity index (χ2v) is 6.45. The third-order valence-corrected chi connectivity index (χ3v) is 4.11. The number of hydrogen-bond acceptors (Lipinski definition) is 2. The Bertz CT molecular complexity index is 377. The lowest BCUT2D eigenvalue weighted by Crippen LogP contribution is -1.98. The van der Waals surface area contributed by atoms with Gasteiger partial charge in [0.25, 0.3) is 0 Å². The van der Waals surface area contributed by atoms with Crippen molar-refractivity contribution < 1.29 is 9.53 Å². The summed E-state index contributed by atoms with van der Waals surface area (Å²) in [6.45, 7) is 4.50. The molecule has 0 bridgehead atoms. The lowest BCUT2D eigenvalue weighted by atomic mass is 10.1. The first-order valence-corrected chi connectivity index (χ1v) is 9.73. The van der Waals surface area contributed by atoms with Crippen molar-refractivity contribution in [3.8, 4) is 0 Å². The fraction of sp³-hybridized carbons (Fsp3) is 0.682. The molecule has 0 aromatic rings. The van der Waals surface area contributed by atoms with E-state index in [1.54, 1.807) is 0 Å². The van der Waals surface area contributed by atoms with Crippen LogP contribution in [0.1, 0.15) is 90.9 Å². The molecule has 0 atom stereocenters. The Labute approximate surface area is 150 Å². The predicted octanol–water partition coefficient (Wildman–Crippen LogP) is 6.92. The first-order valence-electron chi connectivity index (χ1n) is 9.73. The van der Waals surface area contributed by atoms with Gasteiger partial charge in [-0.15, -0.1) is 0 Å². The van der Waals surface area contributed by atoms with Crippen LogP contribution in [0, 0.1) is 0 Å². The summed E-state index contributed by atoms with van der Waals surface area (Å²) in [4.78, 5) is 10.9. The maximum Gasteiger partial charge on any atom is 0.305 e. The molecule has 24 heavy (non-hydrogen) atoms. The van der Waals surface area contributed by atoms with E-state index >= 15 is 0 Å². The summed E-state index contributed by atoms with van der Waals surface area (Å²) in [5.74, 6) is -0.0901. The molecule has 0 aliphatic heterocycles. The summed E-state index contributed by atoms with van der Waals surface area (Å²) >= 11 is 0. The van der Waals surface area contributed by atoms with E-state index < -0.39 is 0 Å². The van der Waals surface area contributed by atoms with Gasteiger partial charge < -0.3 is 4.74 Å². The van der Waals surface area contributed by atoms with E-state index in [9.17, 15) is 4.79 Å². The molecule has 138 valence electrons. The van der Waals surface area contributed by atoms with Crippen molar-refractivity contribution in [1.29, 1.82) is 0 Å². The summed E-state index contributed by atoms with van der Waals surface area (Å²) in [5.41, 5.74) is 1.52. The molecule has 0 radical (unpaired) electrons. The Morgan fingerprint density at radius 3 is 2.25 bits per heavy atom. The molecule has 0 spiro atoms. The number of carbonyl (C=O) groups is 1. The first kappa shape index (κ1) is 22.7. The fourth-order valence-corrected chi connectivity index (χ4v) is 2.50. The van der Waals surface area contributed by atoms with Crippen molar-refractivity contribution in [3.63, 3.8) is 0 Å². The van der Waals surface area contributed by atoms with Gasteiger partial charge in [0.1, 0.15) is 0 Å². The Morgan fingerprint density at radius 2 is 1.50 bits per heavy atom. The van der Waals surface area contributed by atoms with Crippen LogP contribution in [0.3, 0.4) is 0 Å². The molecule has 0 amide bonds. The van der Waals surface area contributed by atoms with Crippen molar-refractivity contribution >= 4 is 5.97 Å². The van der Waals surface area contributed by atoms with Crippen molar-refractivity contribution in [2.45, 2.75) is 90.9 Å². The molecular weight excluding hydrogens is 296 g/mol. The van der Waals surface area contributed by atoms with E-state index in [0.717, 1.165) is 32.1 Å². The minimum absolute atomic E-state index is 0.0901. The first-order chi connectivity index (χ1) is 11.7. The van der Waals surface area contributed by atoms with E-state index in [1.807, 2.05) is 0 Å². The highest BCUT2D eigenvalue weighted by atomic mass is 16.5. The number of ether oxygens (including phenoxy) is 1. The summed E-state index contributed by atoms with van der Waals surface area (Å²) < 4.78 is 4.62. The van der Waals surface area contributed by atoms with E-state index in [0.29, 0.717) is 6.42 Å². The molecule has 0 fully saturated rings. The highest BCUT2D eigenvalue weighted by Gasteiger charge is 1.98. The van der Waals surface area contributed by atoms with Gasteiger partial charge >= 0.3 is 5.97 Å². The third kappa shape index (κ3) is 17.1. The zero-order valence-electron chi connectivity index (χ0n) is 16.2. The number of unbranched alkanes of at least 4 members (excludes halogenated alkanes) is 6. The predicted molar refractivity (Wildman–Crippen MR) is 105 cm³/mol. The van der Waals surface area contributed by atoms with Gasteiger partial charge in [-0.05, 0) is 51.9 Å². The van der Waals surface area contributed by atoms with Crippen molar-refractivity contribution in [2.75, 3.05) is 7.11 Å². The number of rotatable bonds is 15. The fourth-order valence-electron chi connectivity index (χ4n) is 2.50. The van der Waals surface area contributed by atoms with E-state index in [2.05, 4.69) is 49.0 Å². The number of esters is 1. The molecule has 2 nitrogen and oxygen atoms in total. The highest BCUT2D eigenvalue weighted by Crippen LogP contribution is 2.09. The zero-order chi connectivity index (χ0) is 17.9. The average molecular weight is 335 g/mol. The molecule has 0 heterocycles. The van der Waals surface area contributed by atoms with Crippen molar-refractivity contribution in [2.24, 2.45) is 0 Å². The molecule has 0 aliphatic carbocycles.